The highest BCUT2D eigenvalue weighted by Gasteiger charge is 2.55. The zero-order valence-corrected chi connectivity index (χ0v) is 13.3. The van der Waals surface area contributed by atoms with Gasteiger partial charge in [0.25, 0.3) is 0 Å². The van der Waals surface area contributed by atoms with Crippen molar-refractivity contribution in [2.75, 3.05) is 6.61 Å². The van der Waals surface area contributed by atoms with Crippen molar-refractivity contribution in [2.24, 2.45) is 0 Å². The van der Waals surface area contributed by atoms with Gasteiger partial charge < -0.3 is 4.74 Å². The van der Waals surface area contributed by atoms with E-state index < -0.39 is 5.41 Å². The Labute approximate surface area is 129 Å². The van der Waals surface area contributed by atoms with Crippen LogP contribution in [-0.4, -0.2) is 22.8 Å². The topological polar surface area (TPSA) is 52.1 Å². The van der Waals surface area contributed by atoms with Crippen LogP contribution in [0.15, 0.2) is 28.7 Å². The van der Waals surface area contributed by atoms with E-state index in [1.165, 1.54) is 11.3 Å². The maximum Gasteiger partial charge on any atom is 0.319 e. The molecule has 1 aliphatic rings. The minimum absolute atomic E-state index is 0.168. The fourth-order valence-electron chi connectivity index (χ4n) is 2.03. The van der Waals surface area contributed by atoms with Gasteiger partial charge in [-0.1, -0.05) is 39.4 Å². The average molecular weight is 353 g/mol. The normalized spacial score (nSPS) is 15.9. The van der Waals surface area contributed by atoms with Crippen molar-refractivity contribution >= 4 is 33.2 Å². The van der Waals surface area contributed by atoms with Gasteiger partial charge in [-0.3, -0.25) is 4.79 Å². The third-order valence-electron chi connectivity index (χ3n) is 3.34. The lowest BCUT2D eigenvalue weighted by Gasteiger charge is -2.09. The molecule has 2 aromatic rings. The van der Waals surface area contributed by atoms with Crippen molar-refractivity contribution in [1.29, 1.82) is 0 Å². The molecule has 0 bridgehead atoms. The van der Waals surface area contributed by atoms with Crippen LogP contribution in [0, 0.1) is 0 Å². The molecule has 104 valence electrons. The number of hydrogen-bond acceptors (Lipinski definition) is 5. The van der Waals surface area contributed by atoms with E-state index in [4.69, 9.17) is 4.74 Å². The highest BCUT2D eigenvalue weighted by atomic mass is 79.9. The summed E-state index contributed by atoms with van der Waals surface area (Å²) in [5.74, 6) is -0.168. The number of aromatic nitrogens is 2. The second-order valence-corrected chi connectivity index (χ2v) is 6.62. The molecule has 0 amide bonds. The summed E-state index contributed by atoms with van der Waals surface area (Å²) in [5, 5.41) is 10.0. The molecule has 0 unspecified atom stereocenters. The first-order chi connectivity index (χ1) is 9.65. The second kappa shape index (κ2) is 5.26. The molecule has 1 aromatic heterocycles. The van der Waals surface area contributed by atoms with E-state index in [1.54, 1.807) is 0 Å². The van der Waals surface area contributed by atoms with Crippen molar-refractivity contribution in [3.05, 3.63) is 33.7 Å². The lowest BCUT2D eigenvalue weighted by molar-refractivity contribution is -0.146. The Morgan fingerprint density at radius 3 is 2.65 bits per heavy atom. The van der Waals surface area contributed by atoms with Crippen molar-refractivity contribution in [1.82, 2.24) is 10.2 Å². The summed E-state index contributed by atoms with van der Waals surface area (Å²) in [6.45, 7) is 2.22. The van der Waals surface area contributed by atoms with Gasteiger partial charge in [0.15, 0.2) is 0 Å². The van der Waals surface area contributed by atoms with Crippen LogP contribution in [0.3, 0.4) is 0 Å². The van der Waals surface area contributed by atoms with Gasteiger partial charge in [0, 0.05) is 10.0 Å². The van der Waals surface area contributed by atoms with E-state index in [1.807, 2.05) is 31.2 Å². The first-order valence-electron chi connectivity index (χ1n) is 6.43. The van der Waals surface area contributed by atoms with Crippen molar-refractivity contribution < 1.29 is 9.53 Å². The Balaban J connectivity index is 1.87. The minimum Gasteiger partial charge on any atom is -0.465 e. The fraction of sp³-hybridized carbons (Fsp3) is 0.357. The number of carbonyl (C=O) groups is 1. The number of ether oxygens (including phenoxy) is 1. The van der Waals surface area contributed by atoms with Gasteiger partial charge in [0.05, 0.1) is 6.61 Å². The Kier molecular flexibility index (Phi) is 3.60. The molecule has 3 rings (SSSR count). The average Bonchev–Trinajstić information content (AvgIpc) is 3.12. The number of hydrogen-bond donors (Lipinski definition) is 0. The summed E-state index contributed by atoms with van der Waals surface area (Å²) in [7, 11) is 0. The maximum absolute atomic E-state index is 12.0. The molecule has 1 aliphatic carbocycles. The van der Waals surface area contributed by atoms with E-state index >= 15 is 0 Å². The van der Waals surface area contributed by atoms with Crippen LogP contribution in [0.25, 0.3) is 10.6 Å². The first kappa shape index (κ1) is 13.7. The Morgan fingerprint density at radius 2 is 2.05 bits per heavy atom. The molecule has 1 saturated carbocycles. The molecule has 1 aromatic carbocycles. The van der Waals surface area contributed by atoms with Gasteiger partial charge in [0.1, 0.15) is 15.4 Å². The standard InChI is InChI=1S/C14H13BrN2O2S/c1-2-19-13(18)14(7-8-14)12-17-16-11(20-12)9-3-5-10(15)6-4-9/h3-6H,2,7-8H2,1H3. The zero-order chi connectivity index (χ0) is 14.2. The highest BCUT2D eigenvalue weighted by Crippen LogP contribution is 2.50. The summed E-state index contributed by atoms with van der Waals surface area (Å²) < 4.78 is 6.17. The van der Waals surface area contributed by atoms with Crippen molar-refractivity contribution in [2.45, 2.75) is 25.2 Å². The molecule has 0 aliphatic heterocycles. The van der Waals surface area contributed by atoms with E-state index in [0.29, 0.717) is 6.61 Å². The van der Waals surface area contributed by atoms with Gasteiger partial charge in [-0.05, 0) is 31.9 Å². The van der Waals surface area contributed by atoms with Crippen LogP contribution in [0.1, 0.15) is 24.8 Å². The largest absolute Gasteiger partial charge is 0.465 e. The number of rotatable bonds is 4. The van der Waals surface area contributed by atoms with Crippen molar-refractivity contribution in [3.63, 3.8) is 0 Å². The van der Waals surface area contributed by atoms with Crippen LogP contribution >= 0.6 is 27.3 Å². The van der Waals surface area contributed by atoms with Gasteiger partial charge in [-0.2, -0.15) is 0 Å². The van der Waals surface area contributed by atoms with Crippen LogP contribution in [0.2, 0.25) is 0 Å². The molecule has 0 radical (unpaired) electrons. The SMILES string of the molecule is CCOC(=O)C1(c2nnc(-c3ccc(Br)cc3)s2)CC1. The fourth-order valence-corrected chi connectivity index (χ4v) is 3.37. The number of esters is 1. The van der Waals surface area contributed by atoms with Crippen LogP contribution < -0.4 is 0 Å². The second-order valence-electron chi connectivity index (χ2n) is 4.72. The summed E-state index contributed by atoms with van der Waals surface area (Å²) in [4.78, 5) is 12.0. The first-order valence-corrected chi connectivity index (χ1v) is 8.04. The minimum atomic E-state index is -0.526. The molecule has 0 spiro atoms. The molecular weight excluding hydrogens is 340 g/mol. The monoisotopic (exact) mass is 352 g/mol. The molecule has 4 nitrogen and oxygen atoms in total. The third-order valence-corrected chi connectivity index (χ3v) is 5.05. The van der Waals surface area contributed by atoms with E-state index in [2.05, 4.69) is 26.1 Å². The molecule has 0 atom stereocenters. The van der Waals surface area contributed by atoms with Gasteiger partial charge in [0.2, 0.25) is 0 Å². The lowest BCUT2D eigenvalue weighted by Crippen LogP contribution is -2.23. The Morgan fingerprint density at radius 1 is 1.35 bits per heavy atom. The van der Waals surface area contributed by atoms with E-state index in [9.17, 15) is 4.79 Å². The number of nitrogens with zero attached hydrogens (tertiary/aromatic N) is 2. The molecule has 6 heteroatoms. The number of benzene rings is 1. The molecule has 20 heavy (non-hydrogen) atoms. The summed E-state index contributed by atoms with van der Waals surface area (Å²) in [5.41, 5.74) is 0.484. The highest BCUT2D eigenvalue weighted by molar-refractivity contribution is 9.10. The van der Waals surface area contributed by atoms with E-state index in [0.717, 1.165) is 32.9 Å². The van der Waals surface area contributed by atoms with Gasteiger partial charge >= 0.3 is 5.97 Å². The maximum atomic E-state index is 12.0. The van der Waals surface area contributed by atoms with Crippen LogP contribution in [0.4, 0.5) is 0 Å². The molecule has 0 saturated heterocycles. The summed E-state index contributed by atoms with van der Waals surface area (Å²) >= 11 is 4.88. The van der Waals surface area contributed by atoms with Gasteiger partial charge in [-0.15, -0.1) is 10.2 Å². The third kappa shape index (κ3) is 2.38. The molecule has 1 heterocycles. The van der Waals surface area contributed by atoms with Crippen LogP contribution in [0.5, 0.6) is 0 Å². The smallest absolute Gasteiger partial charge is 0.319 e. The summed E-state index contributed by atoms with van der Waals surface area (Å²) in [6.07, 6.45) is 1.61. The summed E-state index contributed by atoms with van der Waals surface area (Å²) in [6, 6.07) is 7.90. The lowest BCUT2D eigenvalue weighted by atomic mass is 10.1. The number of carbonyl (C=O) groups excluding carboxylic acids is 1. The number of halogens is 1. The molecular formula is C14H13BrN2O2S. The molecule has 1 fully saturated rings. The van der Waals surface area contributed by atoms with Gasteiger partial charge in [-0.25, -0.2) is 0 Å². The Bertz CT molecular complexity index is 635. The van der Waals surface area contributed by atoms with E-state index in [-0.39, 0.29) is 5.97 Å². The van der Waals surface area contributed by atoms with Crippen LogP contribution in [-0.2, 0) is 14.9 Å². The molecule has 0 N–H and O–H groups in total. The quantitative estimate of drug-likeness (QED) is 0.789. The van der Waals surface area contributed by atoms with Crippen molar-refractivity contribution in [3.8, 4) is 10.6 Å². The predicted octanol–water partition coefficient (Wildman–Crippen LogP) is 3.56. The zero-order valence-electron chi connectivity index (χ0n) is 10.9. The Hall–Kier alpha value is -1.27. The predicted molar refractivity (Wildman–Crippen MR) is 80.6 cm³/mol.